The van der Waals surface area contributed by atoms with Gasteiger partial charge in [-0.25, -0.2) is 0 Å². The van der Waals surface area contributed by atoms with Crippen LogP contribution < -0.4 is 0 Å². The molecule has 0 aromatic rings. The van der Waals surface area contributed by atoms with Gasteiger partial charge in [-0.3, -0.25) is 9.69 Å². The molecule has 1 saturated heterocycles. The fourth-order valence-electron chi connectivity index (χ4n) is 2.15. The number of nitrogens with zero attached hydrogens (tertiary/aromatic N) is 3. The second-order valence-corrected chi connectivity index (χ2v) is 4.89. The molecule has 1 aliphatic rings. The fourth-order valence-corrected chi connectivity index (χ4v) is 2.15. The summed E-state index contributed by atoms with van der Waals surface area (Å²) in [5.74, 6) is 0.194. The zero-order valence-corrected chi connectivity index (χ0v) is 10.5. The second-order valence-electron chi connectivity index (χ2n) is 4.89. The van der Waals surface area contributed by atoms with Crippen LogP contribution in [0.25, 0.3) is 0 Å². The topological polar surface area (TPSA) is 47.3 Å². The fraction of sp³-hybridized carbons (Fsp3) is 0.833. The van der Waals surface area contributed by atoms with Crippen LogP contribution in [0.15, 0.2) is 0 Å². The molecule has 4 heteroatoms. The molecule has 0 N–H and O–H groups in total. The highest BCUT2D eigenvalue weighted by Crippen LogP contribution is 2.21. The molecule has 4 nitrogen and oxygen atoms in total. The first-order valence-corrected chi connectivity index (χ1v) is 5.87. The molecule has 1 fully saturated rings. The van der Waals surface area contributed by atoms with Crippen molar-refractivity contribution in [3.05, 3.63) is 0 Å². The van der Waals surface area contributed by atoms with Gasteiger partial charge in [-0.15, -0.1) is 0 Å². The molecule has 0 atom stereocenters. The Morgan fingerprint density at radius 2 is 2.06 bits per heavy atom. The van der Waals surface area contributed by atoms with Gasteiger partial charge >= 0.3 is 0 Å². The number of unbranched alkanes of at least 4 members (excludes halogenated alkanes) is 2. The van der Waals surface area contributed by atoms with E-state index in [1.54, 1.807) is 4.90 Å². The van der Waals surface area contributed by atoms with Gasteiger partial charge in [0.15, 0.2) is 0 Å². The molecule has 0 aromatic heterocycles. The minimum Gasteiger partial charge on any atom is -0.343 e. The van der Waals surface area contributed by atoms with E-state index in [2.05, 4.69) is 11.0 Å². The average molecular weight is 223 g/mol. The Bertz CT molecular complexity index is 293. The molecule has 0 aromatic carbocycles. The van der Waals surface area contributed by atoms with Crippen LogP contribution in [-0.4, -0.2) is 47.9 Å². The van der Waals surface area contributed by atoms with Crippen LogP contribution in [-0.2, 0) is 4.79 Å². The molecule has 0 aliphatic carbocycles. The van der Waals surface area contributed by atoms with Crippen molar-refractivity contribution in [2.45, 2.75) is 38.6 Å². The number of nitriles is 1. The van der Waals surface area contributed by atoms with Gasteiger partial charge in [-0.05, 0) is 33.2 Å². The lowest BCUT2D eigenvalue weighted by Gasteiger charge is -2.44. The van der Waals surface area contributed by atoms with E-state index in [-0.39, 0.29) is 11.4 Å². The van der Waals surface area contributed by atoms with Gasteiger partial charge in [0.2, 0.25) is 5.91 Å². The van der Waals surface area contributed by atoms with Gasteiger partial charge in [0.05, 0.1) is 11.6 Å². The molecular formula is C12H21N3O. The van der Waals surface area contributed by atoms with E-state index in [9.17, 15) is 4.79 Å². The number of hydrogen-bond acceptors (Lipinski definition) is 3. The van der Waals surface area contributed by atoms with E-state index < -0.39 is 0 Å². The largest absolute Gasteiger partial charge is 0.343 e. The minimum atomic E-state index is -0.389. The van der Waals surface area contributed by atoms with E-state index in [0.717, 1.165) is 32.5 Å². The van der Waals surface area contributed by atoms with Crippen LogP contribution in [0.5, 0.6) is 0 Å². The monoisotopic (exact) mass is 223 g/mol. The van der Waals surface area contributed by atoms with Gasteiger partial charge in [0, 0.05) is 26.6 Å². The maximum Gasteiger partial charge on any atom is 0.242 e. The number of rotatable bonds is 4. The number of carbonyl (C=O) groups is 1. The summed E-state index contributed by atoms with van der Waals surface area (Å²) < 4.78 is 0. The maximum atomic E-state index is 12.0. The van der Waals surface area contributed by atoms with Crippen molar-refractivity contribution in [1.29, 1.82) is 5.26 Å². The van der Waals surface area contributed by atoms with Gasteiger partial charge in [-0.1, -0.05) is 0 Å². The summed E-state index contributed by atoms with van der Waals surface area (Å²) in [4.78, 5) is 16.0. The van der Waals surface area contributed by atoms with E-state index in [1.165, 1.54) is 0 Å². The first-order chi connectivity index (χ1) is 7.50. The molecule has 0 radical (unpaired) electrons. The molecule has 0 bridgehead atoms. The smallest absolute Gasteiger partial charge is 0.242 e. The summed E-state index contributed by atoms with van der Waals surface area (Å²) in [6.07, 6.45) is 2.53. The summed E-state index contributed by atoms with van der Waals surface area (Å²) in [6, 6.07) is 2.15. The highest BCUT2D eigenvalue weighted by Gasteiger charge is 2.39. The van der Waals surface area contributed by atoms with E-state index in [0.29, 0.717) is 6.42 Å². The van der Waals surface area contributed by atoms with Crippen molar-refractivity contribution >= 4 is 5.91 Å². The Balaban J connectivity index is 2.48. The van der Waals surface area contributed by atoms with E-state index in [1.807, 2.05) is 20.9 Å². The van der Waals surface area contributed by atoms with Crippen LogP contribution >= 0.6 is 0 Å². The van der Waals surface area contributed by atoms with Crippen molar-refractivity contribution in [2.24, 2.45) is 0 Å². The molecular weight excluding hydrogens is 202 g/mol. The summed E-state index contributed by atoms with van der Waals surface area (Å²) in [5.41, 5.74) is -0.389. The SMILES string of the molecule is CN1CCN(CCCCC#N)C(C)(C)C1=O. The molecule has 1 heterocycles. The lowest BCUT2D eigenvalue weighted by atomic mass is 9.97. The van der Waals surface area contributed by atoms with E-state index >= 15 is 0 Å². The molecule has 1 aliphatic heterocycles. The molecule has 0 saturated carbocycles. The number of carbonyl (C=O) groups excluding carboxylic acids is 1. The third-order valence-corrected chi connectivity index (χ3v) is 3.33. The molecule has 1 rings (SSSR count). The second kappa shape index (κ2) is 5.31. The third-order valence-electron chi connectivity index (χ3n) is 3.33. The number of amides is 1. The van der Waals surface area contributed by atoms with Crippen molar-refractivity contribution in [1.82, 2.24) is 9.80 Å². The van der Waals surface area contributed by atoms with Crippen LogP contribution in [0.2, 0.25) is 0 Å². The average Bonchev–Trinajstić information content (AvgIpc) is 2.24. The van der Waals surface area contributed by atoms with Crippen molar-refractivity contribution in [2.75, 3.05) is 26.7 Å². The van der Waals surface area contributed by atoms with Gasteiger partial charge in [0.25, 0.3) is 0 Å². The Morgan fingerprint density at radius 1 is 1.38 bits per heavy atom. The third kappa shape index (κ3) is 2.73. The van der Waals surface area contributed by atoms with E-state index in [4.69, 9.17) is 5.26 Å². The Labute approximate surface area is 97.8 Å². The van der Waals surface area contributed by atoms with Gasteiger partial charge < -0.3 is 4.90 Å². The van der Waals surface area contributed by atoms with Crippen LogP contribution in [0.1, 0.15) is 33.1 Å². The lowest BCUT2D eigenvalue weighted by Crippen LogP contribution is -2.62. The number of likely N-dealkylation sites (N-methyl/N-ethyl adjacent to an activating group) is 1. The summed E-state index contributed by atoms with van der Waals surface area (Å²) >= 11 is 0. The normalized spacial score (nSPS) is 20.9. The van der Waals surface area contributed by atoms with Crippen LogP contribution in [0.4, 0.5) is 0 Å². The zero-order valence-electron chi connectivity index (χ0n) is 10.5. The van der Waals surface area contributed by atoms with Gasteiger partial charge in [-0.2, -0.15) is 5.26 Å². The van der Waals surface area contributed by atoms with Crippen LogP contribution in [0.3, 0.4) is 0 Å². The molecule has 0 spiro atoms. The molecule has 90 valence electrons. The van der Waals surface area contributed by atoms with Crippen molar-refractivity contribution < 1.29 is 4.79 Å². The summed E-state index contributed by atoms with van der Waals surface area (Å²) in [5, 5.41) is 8.46. The first-order valence-electron chi connectivity index (χ1n) is 5.87. The zero-order chi connectivity index (χ0) is 12.2. The summed E-state index contributed by atoms with van der Waals surface area (Å²) in [6.45, 7) is 6.61. The Hall–Kier alpha value is -1.08. The molecule has 1 amide bonds. The quantitative estimate of drug-likeness (QED) is 0.674. The molecule has 0 unspecified atom stereocenters. The predicted octanol–water partition coefficient (Wildman–Crippen LogP) is 1.23. The first kappa shape index (κ1) is 13.0. The van der Waals surface area contributed by atoms with Crippen LogP contribution in [0, 0.1) is 11.3 Å². The molecule has 16 heavy (non-hydrogen) atoms. The van der Waals surface area contributed by atoms with Crippen molar-refractivity contribution in [3.63, 3.8) is 0 Å². The highest BCUT2D eigenvalue weighted by atomic mass is 16.2. The Kier molecular flexibility index (Phi) is 4.31. The van der Waals surface area contributed by atoms with Crippen molar-refractivity contribution in [3.8, 4) is 6.07 Å². The van der Waals surface area contributed by atoms with Gasteiger partial charge in [0.1, 0.15) is 0 Å². The highest BCUT2D eigenvalue weighted by molar-refractivity contribution is 5.86. The predicted molar refractivity (Wildman–Crippen MR) is 62.8 cm³/mol. The maximum absolute atomic E-state index is 12.0. The minimum absolute atomic E-state index is 0.194. The lowest BCUT2D eigenvalue weighted by molar-refractivity contribution is -0.147. The summed E-state index contributed by atoms with van der Waals surface area (Å²) in [7, 11) is 1.86. The number of piperazine rings is 1. The number of hydrogen-bond donors (Lipinski definition) is 0. The Morgan fingerprint density at radius 3 is 2.69 bits per heavy atom. The standard InChI is InChI=1S/C12H21N3O/c1-12(2)11(16)14(3)9-10-15(12)8-6-4-5-7-13/h4-6,8-10H2,1-3H3.